The first kappa shape index (κ1) is 26.4. The molecule has 0 unspecified atom stereocenters. The van der Waals surface area contributed by atoms with Crippen LogP contribution in [0.1, 0.15) is 55.2 Å². The lowest BCUT2D eigenvalue weighted by Gasteiger charge is -2.19. The van der Waals surface area contributed by atoms with Gasteiger partial charge in [0.2, 0.25) is 0 Å². The number of anilines is 1. The van der Waals surface area contributed by atoms with Crippen molar-refractivity contribution in [2.75, 3.05) is 19.0 Å². The number of fused-ring (bicyclic) bond motifs is 1. The summed E-state index contributed by atoms with van der Waals surface area (Å²) >= 11 is 0. The van der Waals surface area contributed by atoms with E-state index in [4.69, 9.17) is 4.74 Å². The molecule has 0 spiro atoms. The van der Waals surface area contributed by atoms with Gasteiger partial charge >= 0.3 is 12.0 Å². The number of carboxylic acid groups (broad SMARTS) is 1. The number of rotatable bonds is 8. The maximum absolute atomic E-state index is 12.8. The van der Waals surface area contributed by atoms with Gasteiger partial charge in [0, 0.05) is 35.2 Å². The molecule has 1 saturated carbocycles. The predicted octanol–water partition coefficient (Wildman–Crippen LogP) is 6.89. The Bertz CT molecular complexity index is 1530. The molecule has 1 heterocycles. The average Bonchev–Trinajstić information content (AvgIpc) is 3.68. The summed E-state index contributed by atoms with van der Waals surface area (Å²) in [6.45, 7) is 7.47. The molecule has 0 atom stereocenters. The van der Waals surface area contributed by atoms with Crippen LogP contribution in [0.3, 0.4) is 0 Å². The number of nitrogens with zero attached hydrogens (tertiary/aromatic N) is 1. The van der Waals surface area contributed by atoms with Gasteiger partial charge in [0.25, 0.3) is 0 Å². The number of aromatic nitrogens is 1. The lowest BCUT2D eigenvalue weighted by molar-refractivity contribution is 0.0687. The lowest BCUT2D eigenvalue weighted by Crippen LogP contribution is -2.30. The van der Waals surface area contributed by atoms with Crippen LogP contribution in [-0.2, 0) is 12.0 Å². The van der Waals surface area contributed by atoms with Crippen LogP contribution in [0.2, 0.25) is 0 Å². The molecule has 0 bridgehead atoms. The van der Waals surface area contributed by atoms with E-state index in [2.05, 4.69) is 43.5 Å². The van der Waals surface area contributed by atoms with Crippen molar-refractivity contribution in [3.63, 3.8) is 0 Å². The Morgan fingerprint density at radius 1 is 1.03 bits per heavy atom. The maximum Gasteiger partial charge on any atom is 0.353 e. The van der Waals surface area contributed by atoms with E-state index >= 15 is 0 Å². The molecule has 1 aliphatic rings. The van der Waals surface area contributed by atoms with Crippen molar-refractivity contribution >= 4 is 28.6 Å². The Labute approximate surface area is 228 Å². The van der Waals surface area contributed by atoms with E-state index in [-0.39, 0.29) is 17.1 Å². The van der Waals surface area contributed by atoms with Crippen LogP contribution in [-0.4, -0.2) is 35.3 Å². The summed E-state index contributed by atoms with van der Waals surface area (Å²) in [5.41, 5.74) is 5.08. The van der Waals surface area contributed by atoms with Crippen LogP contribution >= 0.6 is 0 Å². The van der Waals surface area contributed by atoms with Crippen molar-refractivity contribution < 1.29 is 19.4 Å². The fourth-order valence-corrected chi connectivity index (χ4v) is 4.94. The Kier molecular flexibility index (Phi) is 7.08. The minimum absolute atomic E-state index is 0.0283. The van der Waals surface area contributed by atoms with Gasteiger partial charge in [-0.05, 0) is 71.2 Å². The Morgan fingerprint density at radius 2 is 1.77 bits per heavy atom. The Morgan fingerprint density at radius 3 is 2.41 bits per heavy atom. The van der Waals surface area contributed by atoms with Crippen LogP contribution in [0, 0.1) is 5.92 Å². The summed E-state index contributed by atoms with van der Waals surface area (Å²) in [7, 11) is 1.61. The van der Waals surface area contributed by atoms with E-state index in [1.165, 1.54) is 0 Å². The number of nitrogens with one attached hydrogen (secondary N) is 2. The molecule has 0 saturated heterocycles. The van der Waals surface area contributed by atoms with Crippen molar-refractivity contribution in [3.05, 3.63) is 83.6 Å². The third kappa shape index (κ3) is 5.77. The van der Waals surface area contributed by atoms with Crippen molar-refractivity contribution in [2.24, 2.45) is 5.92 Å². The second kappa shape index (κ2) is 10.5. The Hall–Kier alpha value is -4.26. The SMILES string of the molecule is COc1cccc(Cn2c(C(=O)O)c(-c3ccc(C(C)(C)C)cc3)c3cc(NC(=O)NCC4CC4)ccc32)c1. The number of hydrogen-bond donors (Lipinski definition) is 3. The van der Waals surface area contributed by atoms with E-state index in [1.807, 2.05) is 59.2 Å². The highest BCUT2D eigenvalue weighted by atomic mass is 16.5. The molecule has 1 fully saturated rings. The molecule has 202 valence electrons. The van der Waals surface area contributed by atoms with Gasteiger partial charge in [-0.1, -0.05) is 57.2 Å². The van der Waals surface area contributed by atoms with Crippen molar-refractivity contribution in [3.8, 4) is 16.9 Å². The summed E-state index contributed by atoms with van der Waals surface area (Å²) in [6.07, 6.45) is 2.31. The van der Waals surface area contributed by atoms with Gasteiger partial charge in [0.05, 0.1) is 7.11 Å². The molecule has 3 aromatic carbocycles. The van der Waals surface area contributed by atoms with E-state index in [1.54, 1.807) is 7.11 Å². The summed E-state index contributed by atoms with van der Waals surface area (Å²) in [4.78, 5) is 25.3. The summed E-state index contributed by atoms with van der Waals surface area (Å²) in [5, 5.41) is 17.1. The predicted molar refractivity (Wildman–Crippen MR) is 155 cm³/mol. The second-order valence-corrected chi connectivity index (χ2v) is 11.3. The van der Waals surface area contributed by atoms with Gasteiger partial charge in [-0.3, -0.25) is 0 Å². The van der Waals surface area contributed by atoms with Crippen LogP contribution < -0.4 is 15.4 Å². The molecule has 1 aliphatic carbocycles. The fourth-order valence-electron chi connectivity index (χ4n) is 4.94. The number of hydrogen-bond acceptors (Lipinski definition) is 3. The average molecular weight is 526 g/mol. The van der Waals surface area contributed by atoms with E-state index in [0.717, 1.165) is 40.4 Å². The molecule has 7 nitrogen and oxygen atoms in total. The number of urea groups is 1. The highest BCUT2D eigenvalue weighted by Gasteiger charge is 2.25. The minimum Gasteiger partial charge on any atom is -0.497 e. The first-order valence-corrected chi connectivity index (χ1v) is 13.3. The first-order valence-electron chi connectivity index (χ1n) is 13.3. The zero-order chi connectivity index (χ0) is 27.7. The van der Waals surface area contributed by atoms with Crippen molar-refractivity contribution in [1.82, 2.24) is 9.88 Å². The number of carbonyl (C=O) groups excluding carboxylic acids is 1. The lowest BCUT2D eigenvalue weighted by atomic mass is 9.86. The maximum atomic E-state index is 12.8. The largest absolute Gasteiger partial charge is 0.497 e. The standard InChI is InChI=1S/C32H35N3O4/c1-32(2,3)23-12-10-22(11-13-23)28-26-17-24(34-31(38)33-18-20-8-9-20)14-15-27(26)35(29(28)30(36)37)19-21-6-5-7-25(16-21)39-4/h5-7,10-17,20H,8-9,18-19H2,1-4H3,(H,36,37)(H2,33,34,38). The zero-order valence-corrected chi connectivity index (χ0v) is 22.9. The van der Waals surface area contributed by atoms with E-state index in [0.29, 0.717) is 36.0 Å². The number of benzene rings is 3. The number of aromatic carboxylic acids is 1. The highest BCUT2D eigenvalue weighted by molar-refractivity contribution is 6.09. The molecular weight excluding hydrogens is 490 g/mol. The number of carbonyl (C=O) groups is 2. The van der Waals surface area contributed by atoms with Crippen LogP contribution in [0.5, 0.6) is 5.75 Å². The first-order chi connectivity index (χ1) is 18.6. The summed E-state index contributed by atoms with van der Waals surface area (Å²) in [6, 6.07) is 21.0. The second-order valence-electron chi connectivity index (χ2n) is 11.3. The molecule has 5 rings (SSSR count). The molecule has 1 aromatic heterocycles. The summed E-state index contributed by atoms with van der Waals surface area (Å²) in [5.74, 6) is 0.271. The van der Waals surface area contributed by atoms with Crippen LogP contribution in [0.25, 0.3) is 22.0 Å². The van der Waals surface area contributed by atoms with Gasteiger partial charge in [-0.2, -0.15) is 0 Å². The molecule has 0 aliphatic heterocycles. The smallest absolute Gasteiger partial charge is 0.353 e. The Balaban J connectivity index is 1.63. The van der Waals surface area contributed by atoms with Crippen LogP contribution in [0.15, 0.2) is 66.7 Å². The van der Waals surface area contributed by atoms with E-state index in [9.17, 15) is 14.7 Å². The van der Waals surface area contributed by atoms with Crippen molar-refractivity contribution in [2.45, 2.75) is 45.6 Å². The van der Waals surface area contributed by atoms with Crippen molar-refractivity contribution in [1.29, 1.82) is 0 Å². The number of amides is 2. The minimum atomic E-state index is -1.01. The highest BCUT2D eigenvalue weighted by Crippen LogP contribution is 2.38. The molecule has 2 amide bonds. The van der Waals surface area contributed by atoms with Gasteiger partial charge in [0.15, 0.2) is 0 Å². The normalized spacial score (nSPS) is 13.3. The topological polar surface area (TPSA) is 92.6 Å². The number of ether oxygens (including phenoxy) is 1. The van der Waals surface area contributed by atoms with Gasteiger partial charge < -0.3 is 25.0 Å². The molecule has 39 heavy (non-hydrogen) atoms. The third-order valence-corrected chi connectivity index (χ3v) is 7.29. The summed E-state index contributed by atoms with van der Waals surface area (Å²) < 4.78 is 7.22. The zero-order valence-electron chi connectivity index (χ0n) is 22.9. The van der Waals surface area contributed by atoms with Gasteiger partial charge in [-0.25, -0.2) is 9.59 Å². The third-order valence-electron chi connectivity index (χ3n) is 7.29. The van der Waals surface area contributed by atoms with Gasteiger partial charge in [-0.15, -0.1) is 0 Å². The molecule has 3 N–H and O–H groups in total. The van der Waals surface area contributed by atoms with Gasteiger partial charge in [0.1, 0.15) is 11.4 Å². The van der Waals surface area contributed by atoms with E-state index < -0.39 is 5.97 Å². The molecular formula is C32H35N3O4. The molecule has 4 aromatic rings. The number of methoxy groups -OCH3 is 1. The molecule has 7 heteroatoms. The quantitative estimate of drug-likeness (QED) is 0.233. The fraction of sp³-hybridized carbons (Fsp3) is 0.312. The van der Waals surface area contributed by atoms with Crippen LogP contribution in [0.4, 0.5) is 10.5 Å². The monoisotopic (exact) mass is 525 g/mol. The molecule has 0 radical (unpaired) electrons. The number of carboxylic acids is 1.